The molecule has 0 fully saturated rings. The normalized spacial score (nSPS) is 11.6. The Morgan fingerprint density at radius 2 is 1.35 bits per heavy atom. The number of unbranched alkanes of at least 4 members (excludes halogenated alkanes) is 8. The molecule has 26 heavy (non-hydrogen) atoms. The molecule has 0 aliphatic carbocycles. The Kier molecular flexibility index (Phi) is 17.4. The smallest absolute Gasteiger partial charge is 0.305 e. The molecule has 0 aliphatic rings. The van der Waals surface area contributed by atoms with Crippen molar-refractivity contribution >= 4 is 16.4 Å². The SMILES string of the molecule is CCCCCCCCCCCC(=O)OCC[N+](C)(C)C.COS(=O)(=O)[O-]. The fourth-order valence-corrected chi connectivity index (χ4v) is 2.09. The predicted octanol–water partition coefficient (Wildman–Crippen LogP) is 3.25. The number of ether oxygens (including phenoxy) is 1. The van der Waals surface area contributed by atoms with Crippen molar-refractivity contribution in [2.75, 3.05) is 41.4 Å². The molecule has 0 saturated carbocycles. The lowest BCUT2D eigenvalue weighted by Crippen LogP contribution is -2.37. The highest BCUT2D eigenvalue weighted by atomic mass is 32.3. The molecule has 0 aliphatic heterocycles. The van der Waals surface area contributed by atoms with Crippen LogP contribution in [0.5, 0.6) is 0 Å². The highest BCUT2D eigenvalue weighted by Gasteiger charge is 2.09. The Morgan fingerprint density at radius 1 is 0.923 bits per heavy atom. The summed E-state index contributed by atoms with van der Waals surface area (Å²) in [4.78, 5) is 11.5. The Balaban J connectivity index is 0. The molecule has 7 nitrogen and oxygen atoms in total. The minimum Gasteiger partial charge on any atom is -0.726 e. The maximum atomic E-state index is 11.5. The van der Waals surface area contributed by atoms with Gasteiger partial charge in [-0.25, -0.2) is 8.42 Å². The maximum absolute atomic E-state index is 11.5. The van der Waals surface area contributed by atoms with E-state index in [9.17, 15) is 17.8 Å². The zero-order valence-corrected chi connectivity index (χ0v) is 18.1. The molecule has 0 N–H and O–H groups in total. The van der Waals surface area contributed by atoms with Crippen molar-refractivity contribution in [3.8, 4) is 0 Å². The van der Waals surface area contributed by atoms with E-state index in [1.807, 2.05) is 0 Å². The van der Waals surface area contributed by atoms with Crippen LogP contribution in [-0.4, -0.2) is 64.8 Å². The van der Waals surface area contributed by atoms with Crippen molar-refractivity contribution in [3.05, 3.63) is 0 Å². The third-order valence-electron chi connectivity index (χ3n) is 3.71. The molecule has 0 aromatic carbocycles. The van der Waals surface area contributed by atoms with Crippen LogP contribution < -0.4 is 0 Å². The molecule has 0 atom stereocenters. The second-order valence-electron chi connectivity index (χ2n) is 7.39. The van der Waals surface area contributed by atoms with Gasteiger partial charge in [-0.2, -0.15) is 0 Å². The van der Waals surface area contributed by atoms with Crippen LogP contribution in [0.4, 0.5) is 0 Å². The second kappa shape index (κ2) is 16.5. The van der Waals surface area contributed by atoms with Gasteiger partial charge in [0.05, 0.1) is 28.3 Å². The van der Waals surface area contributed by atoms with E-state index in [0.717, 1.165) is 31.0 Å². The van der Waals surface area contributed by atoms with E-state index in [2.05, 4.69) is 32.2 Å². The van der Waals surface area contributed by atoms with Gasteiger partial charge in [0.15, 0.2) is 0 Å². The maximum Gasteiger partial charge on any atom is 0.305 e. The average Bonchev–Trinajstić information content (AvgIpc) is 2.52. The Morgan fingerprint density at radius 3 is 1.73 bits per heavy atom. The highest BCUT2D eigenvalue weighted by molar-refractivity contribution is 7.80. The Hall–Kier alpha value is -0.700. The van der Waals surface area contributed by atoms with Crippen molar-refractivity contribution < 1.29 is 31.2 Å². The third kappa shape index (κ3) is 28.1. The van der Waals surface area contributed by atoms with Crippen LogP contribution in [0.3, 0.4) is 0 Å². The van der Waals surface area contributed by atoms with Gasteiger partial charge in [0.2, 0.25) is 10.4 Å². The lowest BCUT2D eigenvalue weighted by molar-refractivity contribution is -0.870. The zero-order valence-electron chi connectivity index (χ0n) is 17.3. The Labute approximate surface area is 160 Å². The van der Waals surface area contributed by atoms with Gasteiger partial charge in [-0.1, -0.05) is 58.3 Å². The van der Waals surface area contributed by atoms with Gasteiger partial charge >= 0.3 is 5.97 Å². The molecular formula is C18H39NO6S. The molecular weight excluding hydrogens is 358 g/mol. The van der Waals surface area contributed by atoms with Crippen LogP contribution in [0.2, 0.25) is 0 Å². The molecule has 0 amide bonds. The summed E-state index contributed by atoms with van der Waals surface area (Å²) in [6.45, 7) is 3.67. The molecule has 158 valence electrons. The summed E-state index contributed by atoms with van der Waals surface area (Å²) in [7, 11) is 2.71. The van der Waals surface area contributed by atoms with Crippen molar-refractivity contribution in [3.63, 3.8) is 0 Å². The Bertz CT molecular complexity index is 431. The number of rotatable bonds is 14. The number of likely N-dealkylation sites (N-methyl/N-ethyl adjacent to an activating group) is 1. The third-order valence-corrected chi connectivity index (χ3v) is 4.12. The first-order valence-electron chi connectivity index (χ1n) is 9.49. The number of nitrogens with zero attached hydrogens (tertiary/aromatic N) is 1. The summed E-state index contributed by atoms with van der Waals surface area (Å²) >= 11 is 0. The molecule has 0 heterocycles. The molecule has 0 aromatic heterocycles. The summed E-state index contributed by atoms with van der Waals surface area (Å²) < 4.78 is 37.1. The van der Waals surface area contributed by atoms with Crippen LogP contribution in [-0.2, 0) is 24.1 Å². The van der Waals surface area contributed by atoms with Gasteiger partial charge in [-0.05, 0) is 6.42 Å². The first kappa shape index (κ1) is 27.5. The van der Waals surface area contributed by atoms with Gasteiger partial charge < -0.3 is 13.8 Å². The standard InChI is InChI=1S/C17H36NO2.CH4O4S/c1-5-6-7-8-9-10-11-12-13-14-17(19)20-16-15-18(2,3)4;1-5-6(2,3)4/h5-16H2,1-4H3;1H3,(H,2,3,4)/q+1;/p-1. The first-order chi connectivity index (χ1) is 12.0. The van der Waals surface area contributed by atoms with Crippen LogP contribution in [0.15, 0.2) is 0 Å². The summed E-state index contributed by atoms with van der Waals surface area (Å²) in [6, 6.07) is 0. The number of quaternary nitrogens is 1. The average molecular weight is 398 g/mol. The summed E-state index contributed by atoms with van der Waals surface area (Å²) in [5.74, 6) is -0.0265. The molecule has 0 bridgehead atoms. The number of hydrogen-bond donors (Lipinski definition) is 0. The monoisotopic (exact) mass is 397 g/mol. The van der Waals surface area contributed by atoms with Crippen LogP contribution in [0.25, 0.3) is 0 Å². The number of carbonyl (C=O) groups excluding carboxylic acids is 1. The molecule has 0 unspecified atom stereocenters. The second-order valence-corrected chi connectivity index (χ2v) is 8.54. The van der Waals surface area contributed by atoms with Crippen molar-refractivity contribution in [2.24, 2.45) is 0 Å². The molecule has 0 radical (unpaired) electrons. The van der Waals surface area contributed by atoms with Gasteiger partial charge in [0.25, 0.3) is 0 Å². The van der Waals surface area contributed by atoms with Gasteiger partial charge in [-0.15, -0.1) is 0 Å². The van der Waals surface area contributed by atoms with Gasteiger partial charge in [-0.3, -0.25) is 8.98 Å². The van der Waals surface area contributed by atoms with Crippen molar-refractivity contribution in [1.29, 1.82) is 0 Å². The minimum absolute atomic E-state index is 0.0265. The lowest BCUT2D eigenvalue weighted by Gasteiger charge is -2.23. The highest BCUT2D eigenvalue weighted by Crippen LogP contribution is 2.10. The van der Waals surface area contributed by atoms with E-state index in [4.69, 9.17) is 4.74 Å². The zero-order chi connectivity index (χ0) is 20.5. The van der Waals surface area contributed by atoms with E-state index in [-0.39, 0.29) is 5.97 Å². The van der Waals surface area contributed by atoms with Gasteiger partial charge in [0, 0.05) is 6.42 Å². The number of carbonyl (C=O) groups is 1. The van der Waals surface area contributed by atoms with Crippen LogP contribution in [0.1, 0.15) is 71.1 Å². The first-order valence-corrected chi connectivity index (χ1v) is 10.8. The largest absolute Gasteiger partial charge is 0.726 e. The molecule has 0 saturated heterocycles. The lowest BCUT2D eigenvalue weighted by atomic mass is 10.1. The van der Waals surface area contributed by atoms with E-state index in [1.165, 1.54) is 44.9 Å². The minimum atomic E-state index is -4.41. The molecule has 0 rings (SSSR count). The fourth-order valence-electron chi connectivity index (χ4n) is 2.09. The predicted molar refractivity (Wildman–Crippen MR) is 102 cm³/mol. The van der Waals surface area contributed by atoms with Crippen molar-refractivity contribution in [2.45, 2.75) is 71.1 Å². The van der Waals surface area contributed by atoms with Crippen LogP contribution >= 0.6 is 0 Å². The summed E-state index contributed by atoms with van der Waals surface area (Å²) in [5, 5.41) is 0. The summed E-state index contributed by atoms with van der Waals surface area (Å²) in [6.07, 6.45) is 12.1. The topological polar surface area (TPSA) is 92.7 Å². The van der Waals surface area contributed by atoms with Crippen molar-refractivity contribution in [1.82, 2.24) is 0 Å². The van der Waals surface area contributed by atoms with E-state index in [1.54, 1.807) is 0 Å². The van der Waals surface area contributed by atoms with Gasteiger partial charge in [0.1, 0.15) is 13.2 Å². The van der Waals surface area contributed by atoms with Crippen LogP contribution in [0, 0.1) is 0 Å². The van der Waals surface area contributed by atoms with E-state index in [0.29, 0.717) is 13.0 Å². The molecule has 0 spiro atoms. The van der Waals surface area contributed by atoms with E-state index >= 15 is 0 Å². The summed E-state index contributed by atoms with van der Waals surface area (Å²) in [5.41, 5.74) is 0. The number of esters is 1. The number of hydrogen-bond acceptors (Lipinski definition) is 6. The fraction of sp³-hybridized carbons (Fsp3) is 0.944. The molecule has 0 aromatic rings. The molecule has 8 heteroatoms. The van der Waals surface area contributed by atoms with E-state index < -0.39 is 10.4 Å². The quantitative estimate of drug-likeness (QED) is 0.147.